The van der Waals surface area contributed by atoms with Gasteiger partial charge in [-0.25, -0.2) is 0 Å². The number of hydrogen-bond donors (Lipinski definition) is 1. The highest BCUT2D eigenvalue weighted by Crippen LogP contribution is 2.23. The molecule has 3 nitrogen and oxygen atoms in total. The third-order valence-corrected chi connectivity index (χ3v) is 3.74. The van der Waals surface area contributed by atoms with E-state index in [-0.39, 0.29) is 0 Å². The smallest absolute Gasteiger partial charge is 0.0947 e. The van der Waals surface area contributed by atoms with Gasteiger partial charge in [-0.1, -0.05) is 0 Å². The highest BCUT2D eigenvalue weighted by molar-refractivity contribution is 5.05. The Morgan fingerprint density at radius 2 is 2.12 bits per heavy atom. The maximum atomic E-state index is 5.10. The van der Waals surface area contributed by atoms with Crippen LogP contribution in [0.1, 0.15) is 31.2 Å². The second-order valence-electron chi connectivity index (χ2n) is 4.84. The van der Waals surface area contributed by atoms with Gasteiger partial charge in [-0.2, -0.15) is 0 Å². The van der Waals surface area contributed by atoms with Crippen molar-refractivity contribution in [3.05, 3.63) is 24.2 Å². The van der Waals surface area contributed by atoms with Crippen LogP contribution in [0, 0.1) is 0 Å². The molecule has 1 aliphatic rings. The molecule has 0 saturated heterocycles. The molecule has 3 heteroatoms. The molecule has 1 heterocycles. The van der Waals surface area contributed by atoms with E-state index in [4.69, 9.17) is 4.42 Å². The van der Waals surface area contributed by atoms with Gasteiger partial charge >= 0.3 is 0 Å². The SMILES string of the molecule is CNC1CCC(N(C)Cc2ccoc2)CC1. The fourth-order valence-corrected chi connectivity index (χ4v) is 2.60. The molecule has 1 saturated carbocycles. The summed E-state index contributed by atoms with van der Waals surface area (Å²) in [6.07, 6.45) is 8.81. The van der Waals surface area contributed by atoms with Gasteiger partial charge in [-0.15, -0.1) is 0 Å². The number of furan rings is 1. The average Bonchev–Trinajstić information content (AvgIpc) is 2.82. The first kappa shape index (κ1) is 11.7. The van der Waals surface area contributed by atoms with Gasteiger partial charge in [0.25, 0.3) is 0 Å². The van der Waals surface area contributed by atoms with Gasteiger partial charge in [-0.3, -0.25) is 4.90 Å². The summed E-state index contributed by atoms with van der Waals surface area (Å²) in [5, 5.41) is 3.38. The molecule has 90 valence electrons. The van der Waals surface area contributed by atoms with Gasteiger partial charge < -0.3 is 9.73 Å². The van der Waals surface area contributed by atoms with Crippen LogP contribution in [0.25, 0.3) is 0 Å². The average molecular weight is 222 g/mol. The molecule has 1 aromatic rings. The van der Waals surface area contributed by atoms with Crippen LogP contribution in [0.2, 0.25) is 0 Å². The van der Waals surface area contributed by atoms with Crippen LogP contribution in [0.3, 0.4) is 0 Å². The molecule has 0 bridgehead atoms. The normalized spacial score (nSPS) is 26.2. The number of hydrogen-bond acceptors (Lipinski definition) is 3. The lowest BCUT2D eigenvalue weighted by atomic mass is 9.90. The minimum absolute atomic E-state index is 0.735. The first-order valence-corrected chi connectivity index (χ1v) is 6.18. The maximum absolute atomic E-state index is 5.10. The van der Waals surface area contributed by atoms with E-state index in [0.717, 1.165) is 18.6 Å². The molecule has 2 rings (SSSR count). The van der Waals surface area contributed by atoms with Crippen LogP contribution < -0.4 is 5.32 Å². The first-order chi connectivity index (χ1) is 7.79. The van der Waals surface area contributed by atoms with E-state index in [1.54, 1.807) is 6.26 Å². The van der Waals surface area contributed by atoms with Crippen molar-refractivity contribution in [3.63, 3.8) is 0 Å². The van der Waals surface area contributed by atoms with E-state index in [1.807, 2.05) is 6.26 Å². The Morgan fingerprint density at radius 3 is 2.69 bits per heavy atom. The Morgan fingerprint density at radius 1 is 1.38 bits per heavy atom. The van der Waals surface area contributed by atoms with Crippen LogP contribution in [0.15, 0.2) is 23.0 Å². The summed E-state index contributed by atoms with van der Waals surface area (Å²) >= 11 is 0. The summed E-state index contributed by atoms with van der Waals surface area (Å²) in [4.78, 5) is 2.46. The lowest BCUT2D eigenvalue weighted by molar-refractivity contribution is 0.169. The predicted octanol–water partition coefficient (Wildman–Crippen LogP) is 2.24. The Bertz CT molecular complexity index is 289. The van der Waals surface area contributed by atoms with Crippen molar-refractivity contribution in [2.45, 2.75) is 44.3 Å². The quantitative estimate of drug-likeness (QED) is 0.847. The van der Waals surface area contributed by atoms with Gasteiger partial charge in [0.15, 0.2) is 0 Å². The van der Waals surface area contributed by atoms with E-state index in [1.165, 1.54) is 31.2 Å². The molecule has 0 amide bonds. The van der Waals surface area contributed by atoms with E-state index in [0.29, 0.717) is 0 Å². The highest BCUT2D eigenvalue weighted by Gasteiger charge is 2.22. The Balaban J connectivity index is 1.80. The summed E-state index contributed by atoms with van der Waals surface area (Å²) in [5.41, 5.74) is 1.28. The molecule has 1 fully saturated rings. The van der Waals surface area contributed by atoms with Gasteiger partial charge in [0.1, 0.15) is 0 Å². The third kappa shape index (κ3) is 2.86. The van der Waals surface area contributed by atoms with Crippen molar-refractivity contribution >= 4 is 0 Å². The van der Waals surface area contributed by atoms with E-state index >= 15 is 0 Å². The zero-order valence-electron chi connectivity index (χ0n) is 10.3. The molecule has 0 aromatic carbocycles. The molecule has 16 heavy (non-hydrogen) atoms. The molecule has 0 spiro atoms. The third-order valence-electron chi connectivity index (χ3n) is 3.74. The molecule has 1 aliphatic carbocycles. The minimum Gasteiger partial charge on any atom is -0.472 e. The maximum Gasteiger partial charge on any atom is 0.0947 e. The predicted molar refractivity (Wildman–Crippen MR) is 65.3 cm³/mol. The van der Waals surface area contributed by atoms with Gasteiger partial charge in [0, 0.05) is 24.2 Å². The fraction of sp³-hybridized carbons (Fsp3) is 0.692. The van der Waals surface area contributed by atoms with Crippen LogP contribution >= 0.6 is 0 Å². The van der Waals surface area contributed by atoms with Crippen LogP contribution in [0.5, 0.6) is 0 Å². The molecule has 0 unspecified atom stereocenters. The number of nitrogens with zero attached hydrogens (tertiary/aromatic N) is 1. The molecule has 0 aliphatic heterocycles. The second-order valence-corrected chi connectivity index (χ2v) is 4.84. The molecular weight excluding hydrogens is 200 g/mol. The number of nitrogens with one attached hydrogen (secondary N) is 1. The topological polar surface area (TPSA) is 28.4 Å². The molecule has 0 atom stereocenters. The van der Waals surface area contributed by atoms with E-state index in [9.17, 15) is 0 Å². The van der Waals surface area contributed by atoms with E-state index < -0.39 is 0 Å². The Labute approximate surface area is 97.8 Å². The highest BCUT2D eigenvalue weighted by atomic mass is 16.3. The lowest BCUT2D eigenvalue weighted by Gasteiger charge is -2.34. The lowest BCUT2D eigenvalue weighted by Crippen LogP contribution is -2.39. The summed E-state index contributed by atoms with van der Waals surface area (Å²) in [7, 11) is 4.29. The zero-order valence-corrected chi connectivity index (χ0v) is 10.3. The molecule has 0 radical (unpaired) electrons. The van der Waals surface area contributed by atoms with Crippen molar-refractivity contribution in [1.82, 2.24) is 10.2 Å². The van der Waals surface area contributed by atoms with Crippen molar-refractivity contribution in [1.29, 1.82) is 0 Å². The van der Waals surface area contributed by atoms with Crippen molar-refractivity contribution in [3.8, 4) is 0 Å². The summed E-state index contributed by atoms with van der Waals surface area (Å²) in [6.45, 7) is 1.01. The van der Waals surface area contributed by atoms with E-state index in [2.05, 4.69) is 30.4 Å². The van der Waals surface area contributed by atoms with Crippen molar-refractivity contribution in [2.75, 3.05) is 14.1 Å². The molecule has 1 aromatic heterocycles. The first-order valence-electron chi connectivity index (χ1n) is 6.18. The molecular formula is C13H22N2O. The van der Waals surface area contributed by atoms with Gasteiger partial charge in [0.05, 0.1) is 12.5 Å². The van der Waals surface area contributed by atoms with Crippen LogP contribution in [-0.4, -0.2) is 31.1 Å². The standard InChI is InChI=1S/C13H22N2O/c1-14-12-3-5-13(6-4-12)15(2)9-11-7-8-16-10-11/h7-8,10,12-14H,3-6,9H2,1-2H3. The Hall–Kier alpha value is -0.800. The van der Waals surface area contributed by atoms with Gasteiger partial charge in [-0.05, 0) is 45.8 Å². The molecule has 1 N–H and O–H groups in total. The summed E-state index contributed by atoms with van der Waals surface area (Å²) in [6, 6.07) is 3.52. The second kappa shape index (κ2) is 5.51. The van der Waals surface area contributed by atoms with Crippen LogP contribution in [0.4, 0.5) is 0 Å². The van der Waals surface area contributed by atoms with Crippen molar-refractivity contribution in [2.24, 2.45) is 0 Å². The fourth-order valence-electron chi connectivity index (χ4n) is 2.60. The van der Waals surface area contributed by atoms with Gasteiger partial charge in [0.2, 0.25) is 0 Å². The Kier molecular flexibility index (Phi) is 4.02. The number of rotatable bonds is 4. The monoisotopic (exact) mass is 222 g/mol. The van der Waals surface area contributed by atoms with Crippen molar-refractivity contribution < 1.29 is 4.42 Å². The summed E-state index contributed by atoms with van der Waals surface area (Å²) in [5.74, 6) is 0. The summed E-state index contributed by atoms with van der Waals surface area (Å²) < 4.78 is 5.10. The largest absolute Gasteiger partial charge is 0.472 e. The zero-order chi connectivity index (χ0) is 11.4. The minimum atomic E-state index is 0.735. The van der Waals surface area contributed by atoms with Crippen LogP contribution in [-0.2, 0) is 6.54 Å².